The van der Waals surface area contributed by atoms with Crippen molar-refractivity contribution in [2.45, 2.75) is 58.9 Å². The van der Waals surface area contributed by atoms with Crippen molar-refractivity contribution in [1.82, 2.24) is 10.6 Å². The average Bonchev–Trinajstić information content (AvgIpc) is 3.05. The summed E-state index contributed by atoms with van der Waals surface area (Å²) in [6.07, 6.45) is 6.07. The molecule has 3 atom stereocenters. The summed E-state index contributed by atoms with van der Waals surface area (Å²) in [6.45, 7) is 7.22. The maximum atomic E-state index is 12.2. The molecule has 134 valence electrons. The van der Waals surface area contributed by atoms with Gasteiger partial charge in [0.05, 0.1) is 6.26 Å². The highest BCUT2D eigenvalue weighted by Gasteiger charge is 2.31. The van der Waals surface area contributed by atoms with Crippen LogP contribution in [0.4, 0.5) is 0 Å². The first-order valence-corrected chi connectivity index (χ1v) is 9.08. The van der Waals surface area contributed by atoms with Gasteiger partial charge in [0.15, 0.2) is 5.76 Å². The van der Waals surface area contributed by atoms with Gasteiger partial charge in [0.25, 0.3) is 5.91 Å². The van der Waals surface area contributed by atoms with E-state index in [2.05, 4.69) is 31.4 Å². The van der Waals surface area contributed by atoms with Gasteiger partial charge in [0, 0.05) is 19.0 Å². The van der Waals surface area contributed by atoms with Crippen LogP contribution in [0.1, 0.15) is 63.4 Å². The van der Waals surface area contributed by atoms with E-state index in [1.165, 1.54) is 19.1 Å². The molecule has 1 aliphatic carbocycles. The van der Waals surface area contributed by atoms with Crippen LogP contribution in [0.25, 0.3) is 0 Å². The van der Waals surface area contributed by atoms with Gasteiger partial charge in [-0.25, -0.2) is 0 Å². The molecule has 2 N–H and O–H groups in total. The van der Waals surface area contributed by atoms with E-state index in [1.807, 2.05) is 0 Å². The van der Waals surface area contributed by atoms with E-state index in [9.17, 15) is 9.59 Å². The van der Waals surface area contributed by atoms with Gasteiger partial charge >= 0.3 is 0 Å². The quantitative estimate of drug-likeness (QED) is 0.751. The summed E-state index contributed by atoms with van der Waals surface area (Å²) in [6, 6.07) is 3.59. The number of hydrogen-bond acceptors (Lipinski definition) is 3. The second-order valence-electron chi connectivity index (χ2n) is 7.34. The van der Waals surface area contributed by atoms with Gasteiger partial charge in [-0.1, -0.05) is 27.2 Å². The second-order valence-corrected chi connectivity index (χ2v) is 7.34. The Balaban J connectivity index is 1.69. The molecule has 0 aliphatic heterocycles. The molecule has 1 fully saturated rings. The van der Waals surface area contributed by atoms with E-state index in [1.54, 1.807) is 12.1 Å². The molecule has 1 heterocycles. The van der Waals surface area contributed by atoms with E-state index in [4.69, 9.17) is 4.42 Å². The predicted molar refractivity (Wildman–Crippen MR) is 93.5 cm³/mol. The fraction of sp³-hybridized carbons (Fsp3) is 0.684. The number of nitrogens with one attached hydrogen (secondary N) is 2. The fourth-order valence-electron chi connectivity index (χ4n) is 3.59. The summed E-state index contributed by atoms with van der Waals surface area (Å²) in [5, 5.41) is 5.99. The smallest absolute Gasteiger partial charge is 0.286 e. The monoisotopic (exact) mass is 334 g/mol. The minimum Gasteiger partial charge on any atom is -0.459 e. The highest BCUT2D eigenvalue weighted by atomic mass is 16.3. The van der Waals surface area contributed by atoms with Crippen molar-refractivity contribution in [2.75, 3.05) is 6.54 Å². The zero-order valence-electron chi connectivity index (χ0n) is 15.0. The molecule has 5 nitrogen and oxygen atoms in total. The predicted octanol–water partition coefficient (Wildman–Crippen LogP) is 3.37. The Kier molecular flexibility index (Phi) is 6.88. The van der Waals surface area contributed by atoms with Crippen molar-refractivity contribution in [3.63, 3.8) is 0 Å². The molecule has 1 saturated carbocycles. The van der Waals surface area contributed by atoms with Crippen molar-refractivity contribution in [3.8, 4) is 0 Å². The van der Waals surface area contributed by atoms with Gasteiger partial charge in [-0.15, -0.1) is 0 Å². The molecule has 0 bridgehead atoms. The molecule has 1 aliphatic rings. The lowest BCUT2D eigenvalue weighted by atomic mass is 9.74. The van der Waals surface area contributed by atoms with Crippen LogP contribution in [0.2, 0.25) is 0 Å². The molecule has 5 heteroatoms. The Hall–Kier alpha value is -1.78. The molecule has 0 radical (unpaired) electrons. The number of furan rings is 1. The maximum Gasteiger partial charge on any atom is 0.286 e. The molecule has 24 heavy (non-hydrogen) atoms. The third-order valence-electron chi connectivity index (χ3n) is 4.98. The Morgan fingerprint density at radius 3 is 2.79 bits per heavy atom. The topological polar surface area (TPSA) is 71.3 Å². The highest BCUT2D eigenvalue weighted by Crippen LogP contribution is 2.33. The van der Waals surface area contributed by atoms with Crippen LogP contribution < -0.4 is 10.6 Å². The Morgan fingerprint density at radius 1 is 1.33 bits per heavy atom. The van der Waals surface area contributed by atoms with Gasteiger partial charge in [-0.3, -0.25) is 9.59 Å². The molecule has 1 aromatic rings. The zero-order chi connectivity index (χ0) is 17.5. The molecule has 1 aromatic heterocycles. The van der Waals surface area contributed by atoms with E-state index in [-0.39, 0.29) is 11.8 Å². The lowest BCUT2D eigenvalue weighted by molar-refractivity contribution is -0.122. The molecule has 0 saturated heterocycles. The molecule has 2 rings (SSSR count). The van der Waals surface area contributed by atoms with Gasteiger partial charge in [0.2, 0.25) is 5.91 Å². The van der Waals surface area contributed by atoms with E-state index in [0.29, 0.717) is 48.9 Å². The van der Waals surface area contributed by atoms with Crippen molar-refractivity contribution in [3.05, 3.63) is 24.2 Å². The van der Waals surface area contributed by atoms with Crippen molar-refractivity contribution >= 4 is 11.8 Å². The first-order chi connectivity index (χ1) is 11.5. The van der Waals surface area contributed by atoms with E-state index >= 15 is 0 Å². The maximum absolute atomic E-state index is 12.2. The largest absolute Gasteiger partial charge is 0.459 e. The van der Waals surface area contributed by atoms with Crippen LogP contribution in [-0.4, -0.2) is 24.4 Å². The molecule has 3 unspecified atom stereocenters. The van der Waals surface area contributed by atoms with Gasteiger partial charge in [-0.05, 0) is 49.1 Å². The normalized spacial score (nSPS) is 23.9. The van der Waals surface area contributed by atoms with Gasteiger partial charge < -0.3 is 15.1 Å². The minimum atomic E-state index is -0.235. The van der Waals surface area contributed by atoms with Crippen LogP contribution in [0.3, 0.4) is 0 Å². The van der Waals surface area contributed by atoms with Gasteiger partial charge in [-0.2, -0.15) is 0 Å². The number of rotatable bonds is 7. The van der Waals surface area contributed by atoms with Crippen molar-refractivity contribution in [2.24, 2.45) is 17.8 Å². The second kappa shape index (κ2) is 8.90. The van der Waals surface area contributed by atoms with Crippen LogP contribution >= 0.6 is 0 Å². The average molecular weight is 334 g/mol. The standard InChI is InChI=1S/C19H30N2O3/c1-13(2)15-9-8-14(3)12-16(15)21-18(22)7-4-10-20-19(23)17-6-5-11-24-17/h5-6,11,13-16H,4,7-10,12H2,1-3H3,(H,20,23)(H,21,22). The first-order valence-electron chi connectivity index (χ1n) is 9.08. The van der Waals surface area contributed by atoms with Crippen molar-refractivity contribution < 1.29 is 14.0 Å². The zero-order valence-corrected chi connectivity index (χ0v) is 15.0. The summed E-state index contributed by atoms with van der Waals surface area (Å²) in [5.74, 6) is 2.00. The lowest BCUT2D eigenvalue weighted by Crippen LogP contribution is -2.45. The molecule has 0 aromatic carbocycles. The lowest BCUT2D eigenvalue weighted by Gasteiger charge is -2.37. The SMILES string of the molecule is CC1CCC(C(C)C)C(NC(=O)CCCNC(=O)c2ccco2)C1. The van der Waals surface area contributed by atoms with E-state index < -0.39 is 0 Å². The van der Waals surface area contributed by atoms with Crippen LogP contribution in [-0.2, 0) is 4.79 Å². The summed E-state index contributed by atoms with van der Waals surface area (Å²) >= 11 is 0. The number of amides is 2. The first kappa shape index (κ1) is 18.6. The molecular weight excluding hydrogens is 304 g/mol. The summed E-state index contributed by atoms with van der Waals surface area (Å²) < 4.78 is 5.03. The Morgan fingerprint density at radius 2 is 2.12 bits per heavy atom. The molecular formula is C19H30N2O3. The Bertz CT molecular complexity index is 525. The summed E-state index contributed by atoms with van der Waals surface area (Å²) in [7, 11) is 0. The van der Waals surface area contributed by atoms with E-state index in [0.717, 1.165) is 6.42 Å². The Labute approximate surface area is 144 Å². The number of carbonyl (C=O) groups excluding carboxylic acids is 2. The molecule has 2 amide bonds. The summed E-state index contributed by atoms with van der Waals surface area (Å²) in [4.78, 5) is 23.9. The minimum absolute atomic E-state index is 0.0898. The number of hydrogen-bond donors (Lipinski definition) is 2. The van der Waals surface area contributed by atoms with Crippen LogP contribution in [0.5, 0.6) is 0 Å². The summed E-state index contributed by atoms with van der Waals surface area (Å²) in [5.41, 5.74) is 0. The van der Waals surface area contributed by atoms with Crippen LogP contribution in [0, 0.1) is 17.8 Å². The molecule has 0 spiro atoms. The van der Waals surface area contributed by atoms with Crippen LogP contribution in [0.15, 0.2) is 22.8 Å². The third kappa shape index (κ3) is 5.39. The van der Waals surface area contributed by atoms with Gasteiger partial charge in [0.1, 0.15) is 0 Å². The number of carbonyl (C=O) groups is 2. The van der Waals surface area contributed by atoms with Crippen molar-refractivity contribution in [1.29, 1.82) is 0 Å². The fourth-order valence-corrected chi connectivity index (χ4v) is 3.59. The highest BCUT2D eigenvalue weighted by molar-refractivity contribution is 5.91. The third-order valence-corrected chi connectivity index (χ3v) is 4.98.